The molecule has 0 spiro atoms. The topological polar surface area (TPSA) is 73.1 Å². The number of likely N-dealkylation sites (tertiary alicyclic amines) is 1. The average molecular weight is 435 g/mol. The lowest BCUT2D eigenvalue weighted by Gasteiger charge is -2.37. The minimum Gasteiger partial charge on any atom is -0.466 e. The number of pyridine rings is 2. The molecule has 9 heteroatoms. The molecule has 0 radical (unpaired) electrons. The van der Waals surface area contributed by atoms with Crippen LogP contribution in [0.15, 0.2) is 73.4 Å². The quantitative estimate of drug-likeness (QED) is 0.488. The van der Waals surface area contributed by atoms with E-state index in [2.05, 4.69) is 15.0 Å². The molecule has 1 unspecified atom stereocenters. The van der Waals surface area contributed by atoms with E-state index >= 15 is 0 Å². The number of para-hydroxylation sites is 1. The lowest BCUT2D eigenvalue weighted by atomic mass is 10.0. The Bertz CT molecular complexity index is 1260. The van der Waals surface area contributed by atoms with Crippen LogP contribution in [0.1, 0.15) is 16.9 Å². The fourth-order valence-electron chi connectivity index (χ4n) is 3.71. The van der Waals surface area contributed by atoms with Crippen molar-refractivity contribution >= 4 is 16.8 Å². The molecule has 1 aliphatic heterocycles. The minimum absolute atomic E-state index is 0.0895. The van der Waals surface area contributed by atoms with Gasteiger partial charge in [-0.05, 0) is 24.3 Å². The molecule has 1 aromatic carbocycles. The standard InChI is InChI=1S/C23H19F2N5O2/c24-23(25)8-11-29(22(31)19-13-17(7-9-27-19)30-12-10-26-15-30)14-20(23)32-21-6-5-16-3-1-2-4-18(16)28-21/h1-7,9-10,12-13,15,20H,8,11,14H2. The van der Waals surface area contributed by atoms with Crippen LogP contribution >= 0.6 is 0 Å². The van der Waals surface area contributed by atoms with Crippen LogP contribution in [0.5, 0.6) is 5.88 Å². The van der Waals surface area contributed by atoms with E-state index in [0.29, 0.717) is 11.2 Å². The number of carbonyl (C=O) groups excluding carboxylic acids is 1. The van der Waals surface area contributed by atoms with Gasteiger partial charge in [0.05, 0.1) is 24.1 Å². The summed E-state index contributed by atoms with van der Waals surface area (Å²) in [5.74, 6) is -3.42. The Labute approximate surface area is 182 Å². The molecule has 1 fully saturated rings. The second kappa shape index (κ2) is 7.99. The van der Waals surface area contributed by atoms with Crippen LogP contribution in [0.2, 0.25) is 0 Å². The molecule has 0 aliphatic carbocycles. The molecular formula is C23H19F2N5O2. The maximum atomic E-state index is 14.6. The van der Waals surface area contributed by atoms with Crippen molar-refractivity contribution in [3.63, 3.8) is 0 Å². The smallest absolute Gasteiger partial charge is 0.287 e. The summed E-state index contributed by atoms with van der Waals surface area (Å²) in [7, 11) is 0. The number of hydrogen-bond acceptors (Lipinski definition) is 5. The Hall–Kier alpha value is -3.88. The Morgan fingerprint density at radius 3 is 2.84 bits per heavy atom. The fraction of sp³-hybridized carbons (Fsp3) is 0.217. The first-order chi connectivity index (χ1) is 15.5. The van der Waals surface area contributed by atoms with Crippen LogP contribution in [0.25, 0.3) is 16.6 Å². The monoisotopic (exact) mass is 435 g/mol. The molecule has 7 nitrogen and oxygen atoms in total. The summed E-state index contributed by atoms with van der Waals surface area (Å²) in [5.41, 5.74) is 1.53. The molecule has 162 valence electrons. The van der Waals surface area contributed by atoms with Gasteiger partial charge < -0.3 is 14.2 Å². The molecular weight excluding hydrogens is 416 g/mol. The lowest BCUT2D eigenvalue weighted by Crippen LogP contribution is -2.55. The van der Waals surface area contributed by atoms with Gasteiger partial charge in [0.15, 0.2) is 6.10 Å². The first-order valence-electron chi connectivity index (χ1n) is 10.1. The number of hydrogen-bond donors (Lipinski definition) is 0. The maximum absolute atomic E-state index is 14.6. The average Bonchev–Trinajstić information content (AvgIpc) is 3.35. The molecule has 1 aliphatic rings. The van der Waals surface area contributed by atoms with E-state index in [4.69, 9.17) is 4.74 Å². The lowest BCUT2D eigenvalue weighted by molar-refractivity contribution is -0.131. The number of halogens is 2. The molecule has 0 saturated carbocycles. The van der Waals surface area contributed by atoms with E-state index < -0.39 is 24.4 Å². The minimum atomic E-state index is -3.09. The molecule has 0 N–H and O–H groups in total. The van der Waals surface area contributed by atoms with Crippen LogP contribution in [0.4, 0.5) is 8.78 Å². The summed E-state index contributed by atoms with van der Waals surface area (Å²) in [6, 6.07) is 14.0. The highest BCUT2D eigenvalue weighted by molar-refractivity contribution is 5.93. The van der Waals surface area contributed by atoms with Crippen LogP contribution < -0.4 is 4.74 Å². The fourth-order valence-corrected chi connectivity index (χ4v) is 3.71. The van der Waals surface area contributed by atoms with Gasteiger partial charge in [-0.3, -0.25) is 9.78 Å². The third-order valence-corrected chi connectivity index (χ3v) is 5.46. The van der Waals surface area contributed by atoms with Crippen LogP contribution in [-0.2, 0) is 0 Å². The van der Waals surface area contributed by atoms with Crippen LogP contribution in [0.3, 0.4) is 0 Å². The normalized spacial score (nSPS) is 17.9. The summed E-state index contributed by atoms with van der Waals surface area (Å²) in [5, 5.41) is 0.885. The zero-order valence-electron chi connectivity index (χ0n) is 16.9. The number of fused-ring (bicyclic) bond motifs is 1. The molecule has 1 saturated heterocycles. The molecule has 32 heavy (non-hydrogen) atoms. The van der Waals surface area contributed by atoms with Gasteiger partial charge in [0, 0.05) is 43.0 Å². The summed E-state index contributed by atoms with van der Waals surface area (Å²) >= 11 is 0. The molecule has 5 rings (SSSR count). The Morgan fingerprint density at radius 1 is 1.12 bits per heavy atom. The number of alkyl halides is 2. The summed E-state index contributed by atoms with van der Waals surface area (Å²) in [4.78, 5) is 26.8. The second-order valence-electron chi connectivity index (χ2n) is 7.58. The van der Waals surface area contributed by atoms with E-state index in [0.717, 1.165) is 5.39 Å². The Kier molecular flexibility index (Phi) is 5.01. The van der Waals surface area contributed by atoms with Crippen molar-refractivity contribution in [1.29, 1.82) is 0 Å². The molecule has 1 atom stereocenters. The highest BCUT2D eigenvalue weighted by atomic mass is 19.3. The van der Waals surface area contributed by atoms with Crippen molar-refractivity contribution in [2.45, 2.75) is 18.4 Å². The van der Waals surface area contributed by atoms with E-state index in [1.165, 1.54) is 11.1 Å². The number of benzene rings is 1. The first kappa shape index (κ1) is 20.0. The van der Waals surface area contributed by atoms with Crippen LogP contribution in [0, 0.1) is 0 Å². The second-order valence-corrected chi connectivity index (χ2v) is 7.58. The van der Waals surface area contributed by atoms with Crippen molar-refractivity contribution in [3.05, 3.63) is 79.1 Å². The maximum Gasteiger partial charge on any atom is 0.287 e. The first-order valence-corrected chi connectivity index (χ1v) is 10.1. The number of rotatable bonds is 4. The number of piperidine rings is 1. The van der Waals surface area contributed by atoms with Gasteiger partial charge in [0.1, 0.15) is 5.69 Å². The van der Waals surface area contributed by atoms with E-state index in [1.54, 1.807) is 53.6 Å². The van der Waals surface area contributed by atoms with Gasteiger partial charge in [-0.1, -0.05) is 18.2 Å². The van der Waals surface area contributed by atoms with Gasteiger partial charge in [-0.25, -0.2) is 18.7 Å². The predicted molar refractivity (Wildman–Crippen MR) is 113 cm³/mol. The van der Waals surface area contributed by atoms with Crippen LogP contribution in [-0.4, -0.2) is 55.4 Å². The predicted octanol–water partition coefficient (Wildman–Crippen LogP) is 3.74. The SMILES string of the molecule is O=C(c1cc(-n2ccnc2)ccn1)N1CCC(F)(F)C(Oc2ccc3ccccc3n2)C1. The highest BCUT2D eigenvalue weighted by Crippen LogP contribution is 2.32. The summed E-state index contributed by atoms with van der Waals surface area (Å²) < 4.78 is 36.6. The van der Waals surface area contributed by atoms with Gasteiger partial charge in [0.2, 0.25) is 5.88 Å². The van der Waals surface area contributed by atoms with E-state index in [9.17, 15) is 13.6 Å². The number of aromatic nitrogens is 4. The van der Waals surface area contributed by atoms with Gasteiger partial charge in [-0.2, -0.15) is 0 Å². The third kappa shape index (κ3) is 3.89. The highest BCUT2D eigenvalue weighted by Gasteiger charge is 2.47. The molecule has 0 bridgehead atoms. The zero-order valence-corrected chi connectivity index (χ0v) is 16.9. The Balaban J connectivity index is 1.36. The van der Waals surface area contributed by atoms with E-state index in [1.807, 2.05) is 18.2 Å². The van der Waals surface area contributed by atoms with Gasteiger partial charge >= 0.3 is 0 Å². The molecule has 1 amide bonds. The number of nitrogens with zero attached hydrogens (tertiary/aromatic N) is 5. The number of amides is 1. The van der Waals surface area contributed by atoms with Crippen molar-refractivity contribution in [1.82, 2.24) is 24.4 Å². The number of ether oxygens (including phenoxy) is 1. The number of imidazole rings is 1. The summed E-state index contributed by atoms with van der Waals surface area (Å²) in [6.07, 6.45) is 4.46. The van der Waals surface area contributed by atoms with Crippen molar-refractivity contribution < 1.29 is 18.3 Å². The van der Waals surface area contributed by atoms with Gasteiger partial charge in [-0.15, -0.1) is 0 Å². The number of carbonyl (C=O) groups is 1. The molecule has 4 aromatic rings. The van der Waals surface area contributed by atoms with E-state index in [-0.39, 0.29) is 24.7 Å². The zero-order chi connectivity index (χ0) is 22.1. The van der Waals surface area contributed by atoms with Crippen molar-refractivity contribution in [3.8, 4) is 11.6 Å². The molecule has 4 heterocycles. The largest absolute Gasteiger partial charge is 0.466 e. The summed E-state index contributed by atoms with van der Waals surface area (Å²) in [6.45, 7) is -0.356. The van der Waals surface area contributed by atoms with Crippen molar-refractivity contribution in [2.75, 3.05) is 13.1 Å². The third-order valence-electron chi connectivity index (χ3n) is 5.46. The van der Waals surface area contributed by atoms with Gasteiger partial charge in [0.25, 0.3) is 11.8 Å². The van der Waals surface area contributed by atoms with Crippen molar-refractivity contribution in [2.24, 2.45) is 0 Å². The Morgan fingerprint density at radius 2 is 2.00 bits per heavy atom. The molecule has 3 aromatic heterocycles.